The van der Waals surface area contributed by atoms with Crippen LogP contribution in [0.4, 0.5) is 10.1 Å². The third-order valence-corrected chi connectivity index (χ3v) is 5.43. The Morgan fingerprint density at radius 1 is 1.17 bits per heavy atom. The fraction of sp³-hybridized carbons (Fsp3) is 0.273. The van der Waals surface area contributed by atoms with E-state index in [9.17, 15) is 9.50 Å². The lowest BCUT2D eigenvalue weighted by Crippen LogP contribution is -2.29. The maximum atomic E-state index is 14.2. The van der Waals surface area contributed by atoms with Gasteiger partial charge in [0.05, 0.1) is 41.9 Å². The van der Waals surface area contributed by atoms with E-state index in [0.717, 1.165) is 48.3 Å². The number of halogens is 1. The smallest absolute Gasteiger partial charge is 0.214 e. The number of pyridine rings is 2. The van der Waals surface area contributed by atoms with Crippen LogP contribution in [0.1, 0.15) is 25.7 Å². The molecule has 0 aromatic carbocycles. The molecule has 1 aliphatic carbocycles. The first kappa shape index (κ1) is 17.9. The summed E-state index contributed by atoms with van der Waals surface area (Å²) in [6.45, 7) is 0. The molecule has 4 heterocycles. The van der Waals surface area contributed by atoms with Crippen LogP contribution in [0.25, 0.3) is 28.2 Å². The van der Waals surface area contributed by atoms with Crippen molar-refractivity contribution in [1.82, 2.24) is 14.4 Å². The number of nitrogens with one attached hydrogen (secondary N) is 1. The molecule has 0 aliphatic heterocycles. The van der Waals surface area contributed by atoms with Gasteiger partial charge in [0.25, 0.3) is 0 Å². The summed E-state index contributed by atoms with van der Waals surface area (Å²) in [5.41, 5.74) is 4.41. The van der Waals surface area contributed by atoms with E-state index in [1.807, 2.05) is 28.8 Å². The Morgan fingerprint density at radius 3 is 2.93 bits per heavy atom. The van der Waals surface area contributed by atoms with Crippen molar-refractivity contribution in [3.8, 4) is 22.5 Å². The molecule has 5 rings (SSSR count). The second-order valence-corrected chi connectivity index (χ2v) is 7.53. The minimum atomic E-state index is -0.556. The SMILES string of the molecule is OC1CCCC(Nc2ccc3ncc(-c4cc(F)nc(-c5ccoc5)c4)n3c2)C1. The van der Waals surface area contributed by atoms with Gasteiger partial charge in [-0.25, -0.2) is 9.97 Å². The van der Waals surface area contributed by atoms with Gasteiger partial charge in [-0.3, -0.25) is 4.40 Å². The molecule has 0 spiro atoms. The first-order chi connectivity index (χ1) is 14.2. The summed E-state index contributed by atoms with van der Waals surface area (Å²) in [5.74, 6) is -0.556. The van der Waals surface area contributed by atoms with E-state index in [2.05, 4.69) is 15.3 Å². The number of aromatic nitrogens is 3. The number of fused-ring (bicyclic) bond motifs is 1. The number of aliphatic hydroxyl groups excluding tert-OH is 1. The Balaban J connectivity index is 1.51. The predicted octanol–water partition coefficient (Wildman–Crippen LogP) is 4.51. The molecule has 0 bridgehead atoms. The lowest BCUT2D eigenvalue weighted by Gasteiger charge is -2.27. The predicted molar refractivity (Wildman–Crippen MR) is 108 cm³/mol. The molecule has 0 amide bonds. The van der Waals surface area contributed by atoms with Gasteiger partial charge < -0.3 is 14.8 Å². The molecule has 1 aliphatic rings. The van der Waals surface area contributed by atoms with Gasteiger partial charge in [0.2, 0.25) is 5.95 Å². The highest BCUT2D eigenvalue weighted by Crippen LogP contribution is 2.28. The van der Waals surface area contributed by atoms with Crippen LogP contribution in [0.2, 0.25) is 0 Å². The molecule has 148 valence electrons. The molecular formula is C22H21FN4O2. The van der Waals surface area contributed by atoms with Crippen molar-refractivity contribution in [2.24, 2.45) is 0 Å². The molecule has 6 nitrogen and oxygen atoms in total. The minimum Gasteiger partial charge on any atom is -0.472 e. The molecule has 4 aromatic rings. The molecular weight excluding hydrogens is 371 g/mol. The molecule has 2 atom stereocenters. The summed E-state index contributed by atoms with van der Waals surface area (Å²) in [6.07, 6.45) is 10.2. The number of anilines is 1. The first-order valence-electron chi connectivity index (χ1n) is 9.78. The van der Waals surface area contributed by atoms with E-state index in [1.165, 1.54) is 12.3 Å². The number of imidazole rings is 1. The number of hydrogen-bond acceptors (Lipinski definition) is 5. The quantitative estimate of drug-likeness (QED) is 0.500. The van der Waals surface area contributed by atoms with E-state index in [4.69, 9.17) is 4.42 Å². The van der Waals surface area contributed by atoms with Crippen LogP contribution in [0.15, 0.2) is 59.7 Å². The van der Waals surface area contributed by atoms with E-state index < -0.39 is 5.95 Å². The highest BCUT2D eigenvalue weighted by Gasteiger charge is 2.20. The van der Waals surface area contributed by atoms with E-state index in [1.54, 1.807) is 18.5 Å². The maximum Gasteiger partial charge on any atom is 0.214 e. The summed E-state index contributed by atoms with van der Waals surface area (Å²) >= 11 is 0. The molecule has 29 heavy (non-hydrogen) atoms. The lowest BCUT2D eigenvalue weighted by atomic mass is 9.93. The second kappa shape index (κ2) is 7.33. The Hall–Kier alpha value is -3.19. The highest BCUT2D eigenvalue weighted by molar-refractivity contribution is 5.70. The van der Waals surface area contributed by atoms with Gasteiger partial charge in [-0.05, 0) is 49.9 Å². The Kier molecular flexibility index (Phi) is 4.52. The maximum absolute atomic E-state index is 14.2. The van der Waals surface area contributed by atoms with Crippen molar-refractivity contribution in [2.75, 3.05) is 5.32 Å². The van der Waals surface area contributed by atoms with Crippen molar-refractivity contribution in [2.45, 2.75) is 37.8 Å². The van der Waals surface area contributed by atoms with Crippen molar-refractivity contribution in [1.29, 1.82) is 0 Å². The second-order valence-electron chi connectivity index (χ2n) is 7.53. The van der Waals surface area contributed by atoms with Crippen molar-refractivity contribution in [3.05, 3.63) is 61.2 Å². The molecule has 2 N–H and O–H groups in total. The van der Waals surface area contributed by atoms with Gasteiger partial charge in [0, 0.05) is 29.4 Å². The zero-order chi connectivity index (χ0) is 19.8. The van der Waals surface area contributed by atoms with Crippen LogP contribution < -0.4 is 5.32 Å². The Labute approximate surface area is 167 Å². The van der Waals surface area contributed by atoms with Gasteiger partial charge in [0.1, 0.15) is 5.65 Å². The number of hydrogen-bond donors (Lipinski definition) is 2. The summed E-state index contributed by atoms with van der Waals surface area (Å²) in [4.78, 5) is 8.43. The minimum absolute atomic E-state index is 0.241. The van der Waals surface area contributed by atoms with Crippen LogP contribution in [0, 0.1) is 5.95 Å². The molecule has 7 heteroatoms. The van der Waals surface area contributed by atoms with Crippen molar-refractivity contribution < 1.29 is 13.9 Å². The summed E-state index contributed by atoms with van der Waals surface area (Å²) in [6, 6.07) is 9.14. The fourth-order valence-electron chi connectivity index (χ4n) is 4.01. The fourth-order valence-corrected chi connectivity index (χ4v) is 4.01. The van der Waals surface area contributed by atoms with E-state index in [0.29, 0.717) is 11.3 Å². The largest absolute Gasteiger partial charge is 0.472 e. The monoisotopic (exact) mass is 392 g/mol. The zero-order valence-corrected chi connectivity index (χ0v) is 15.8. The summed E-state index contributed by atoms with van der Waals surface area (Å²) in [5, 5.41) is 13.4. The molecule has 1 fully saturated rings. The Bertz CT molecular complexity index is 1140. The average molecular weight is 392 g/mol. The third kappa shape index (κ3) is 3.61. The van der Waals surface area contributed by atoms with Crippen LogP contribution in [0.5, 0.6) is 0 Å². The lowest BCUT2D eigenvalue weighted by molar-refractivity contribution is 0.124. The van der Waals surface area contributed by atoms with Gasteiger partial charge in [-0.15, -0.1) is 0 Å². The molecule has 4 aromatic heterocycles. The highest BCUT2D eigenvalue weighted by atomic mass is 19.1. The number of nitrogens with zero attached hydrogens (tertiary/aromatic N) is 3. The number of furan rings is 1. The molecule has 0 saturated heterocycles. The number of rotatable bonds is 4. The average Bonchev–Trinajstić information content (AvgIpc) is 3.37. The van der Waals surface area contributed by atoms with Crippen LogP contribution in [-0.2, 0) is 0 Å². The van der Waals surface area contributed by atoms with E-state index >= 15 is 0 Å². The van der Waals surface area contributed by atoms with Crippen LogP contribution >= 0.6 is 0 Å². The zero-order valence-electron chi connectivity index (χ0n) is 15.8. The summed E-state index contributed by atoms with van der Waals surface area (Å²) in [7, 11) is 0. The number of aliphatic hydroxyl groups is 1. The van der Waals surface area contributed by atoms with Crippen LogP contribution in [-0.4, -0.2) is 31.6 Å². The molecule has 2 unspecified atom stereocenters. The van der Waals surface area contributed by atoms with Crippen molar-refractivity contribution in [3.63, 3.8) is 0 Å². The Morgan fingerprint density at radius 2 is 2.10 bits per heavy atom. The van der Waals surface area contributed by atoms with Gasteiger partial charge in [-0.2, -0.15) is 4.39 Å². The summed E-state index contributed by atoms with van der Waals surface area (Å²) < 4.78 is 21.3. The van der Waals surface area contributed by atoms with Crippen molar-refractivity contribution >= 4 is 11.3 Å². The topological polar surface area (TPSA) is 75.6 Å². The van der Waals surface area contributed by atoms with Crippen LogP contribution in [0.3, 0.4) is 0 Å². The van der Waals surface area contributed by atoms with Gasteiger partial charge >= 0.3 is 0 Å². The van der Waals surface area contributed by atoms with E-state index in [-0.39, 0.29) is 12.1 Å². The normalized spacial score (nSPS) is 19.5. The van der Waals surface area contributed by atoms with Gasteiger partial charge in [0.15, 0.2) is 0 Å². The third-order valence-electron chi connectivity index (χ3n) is 5.43. The molecule has 1 saturated carbocycles. The first-order valence-corrected chi connectivity index (χ1v) is 9.78. The standard InChI is InChI=1S/C22H21FN4O2/c23-21-9-15(8-19(26-21)14-6-7-29-13-14)20-11-24-22-5-4-17(12-27(20)22)25-16-2-1-3-18(28)10-16/h4-9,11-13,16,18,25,28H,1-3,10H2. The van der Waals surface area contributed by atoms with Gasteiger partial charge in [-0.1, -0.05) is 0 Å². The molecule has 0 radical (unpaired) electrons.